The van der Waals surface area contributed by atoms with E-state index >= 15 is 0 Å². The van der Waals surface area contributed by atoms with Gasteiger partial charge in [0, 0.05) is 30.7 Å². The number of ether oxygens (including phenoxy) is 1. The van der Waals surface area contributed by atoms with Crippen LogP contribution in [0.15, 0.2) is 70.0 Å². The van der Waals surface area contributed by atoms with Gasteiger partial charge in [0.05, 0.1) is 17.2 Å². The molecule has 0 bridgehead atoms. The van der Waals surface area contributed by atoms with Gasteiger partial charge in [-0.05, 0) is 81.5 Å². The van der Waals surface area contributed by atoms with Gasteiger partial charge in [0.1, 0.15) is 11.3 Å². The Morgan fingerprint density at radius 1 is 1.14 bits per heavy atom. The lowest BCUT2D eigenvalue weighted by molar-refractivity contribution is 0.0953. The number of sulfonamides is 1. The fourth-order valence-electron chi connectivity index (χ4n) is 4.31. The number of hydrogen-bond acceptors (Lipinski definition) is 5. The van der Waals surface area contributed by atoms with Crippen molar-refractivity contribution in [2.24, 2.45) is 0 Å². The van der Waals surface area contributed by atoms with Crippen LogP contribution >= 0.6 is 0 Å². The molecule has 0 fully saturated rings. The number of carbonyl (C=O) groups is 1. The number of carbonyl (C=O) groups excluding carboxylic acids is 1. The normalized spacial score (nSPS) is 13.8. The van der Waals surface area contributed by atoms with Gasteiger partial charge in [-0.3, -0.25) is 13.9 Å². The molecule has 0 saturated carbocycles. The van der Waals surface area contributed by atoms with E-state index < -0.39 is 21.4 Å². The van der Waals surface area contributed by atoms with E-state index in [-0.39, 0.29) is 15.8 Å². The maximum Gasteiger partial charge on any atom is 0.264 e. The number of fused-ring (bicyclic) bond motifs is 1. The summed E-state index contributed by atoms with van der Waals surface area (Å²) in [6.45, 7) is 2.83. The summed E-state index contributed by atoms with van der Waals surface area (Å²) in [4.78, 5) is 28.8. The number of pyridine rings is 1. The quantitative estimate of drug-likeness (QED) is 0.417. The first-order valence-corrected chi connectivity index (χ1v) is 13.6. The molecular weight excluding hydrogens is 478 g/mol. The lowest BCUT2D eigenvalue weighted by Gasteiger charge is -2.20. The van der Waals surface area contributed by atoms with Crippen LogP contribution in [-0.4, -0.2) is 39.5 Å². The van der Waals surface area contributed by atoms with E-state index in [9.17, 15) is 18.0 Å². The Morgan fingerprint density at radius 3 is 2.61 bits per heavy atom. The summed E-state index contributed by atoms with van der Waals surface area (Å²) in [7, 11) is -2.50. The molecule has 0 aliphatic heterocycles. The first-order valence-electron chi connectivity index (χ1n) is 12.1. The van der Waals surface area contributed by atoms with E-state index in [1.807, 2.05) is 6.92 Å². The highest BCUT2D eigenvalue weighted by molar-refractivity contribution is 7.92. The van der Waals surface area contributed by atoms with Crippen molar-refractivity contribution in [3.63, 3.8) is 0 Å². The Balaban J connectivity index is 1.56. The maximum atomic E-state index is 13.3. The number of aromatic nitrogens is 1. The number of amides is 1. The van der Waals surface area contributed by atoms with Crippen LogP contribution in [0.1, 0.15) is 49.4 Å². The van der Waals surface area contributed by atoms with E-state index in [0.717, 1.165) is 23.6 Å². The molecule has 1 amide bonds. The highest BCUT2D eigenvalue weighted by Crippen LogP contribution is 2.26. The van der Waals surface area contributed by atoms with Crippen LogP contribution in [0.5, 0.6) is 5.75 Å². The highest BCUT2D eigenvalue weighted by atomic mass is 32.2. The SMILES string of the molecule is CCOc1ccc(N(C)S(=O)(=O)c2ccc3[nH]cc(C(=O)NCCC4=CCCCC4)c(=O)c3c2)cc1. The summed E-state index contributed by atoms with van der Waals surface area (Å²) in [6.07, 6.45) is 8.86. The van der Waals surface area contributed by atoms with E-state index in [1.165, 1.54) is 49.9 Å². The van der Waals surface area contributed by atoms with Crippen LogP contribution < -0.4 is 19.8 Å². The van der Waals surface area contributed by atoms with Gasteiger partial charge in [0.15, 0.2) is 0 Å². The van der Waals surface area contributed by atoms with Gasteiger partial charge < -0.3 is 15.0 Å². The molecule has 1 heterocycles. The van der Waals surface area contributed by atoms with Crippen LogP contribution in [0.4, 0.5) is 5.69 Å². The molecule has 8 nitrogen and oxygen atoms in total. The van der Waals surface area contributed by atoms with Gasteiger partial charge in [-0.15, -0.1) is 0 Å². The molecule has 2 N–H and O–H groups in total. The minimum absolute atomic E-state index is 0.0429. The molecule has 4 rings (SSSR count). The molecule has 2 aromatic carbocycles. The Morgan fingerprint density at radius 2 is 1.92 bits per heavy atom. The van der Waals surface area contributed by atoms with Crippen LogP contribution in [0, 0.1) is 0 Å². The van der Waals surface area contributed by atoms with Crippen molar-refractivity contribution < 1.29 is 17.9 Å². The van der Waals surface area contributed by atoms with Crippen molar-refractivity contribution in [1.82, 2.24) is 10.3 Å². The number of nitrogens with zero attached hydrogens (tertiary/aromatic N) is 1. The third kappa shape index (κ3) is 5.46. The zero-order valence-electron chi connectivity index (χ0n) is 20.5. The zero-order chi connectivity index (χ0) is 25.7. The average molecular weight is 510 g/mol. The third-order valence-electron chi connectivity index (χ3n) is 6.38. The molecule has 0 saturated heterocycles. The van der Waals surface area contributed by atoms with Gasteiger partial charge >= 0.3 is 0 Å². The lowest BCUT2D eigenvalue weighted by Crippen LogP contribution is -2.30. The molecule has 1 aliphatic carbocycles. The second-order valence-corrected chi connectivity index (χ2v) is 10.7. The first-order chi connectivity index (χ1) is 17.3. The average Bonchev–Trinajstić information content (AvgIpc) is 2.89. The van der Waals surface area contributed by atoms with Crippen molar-refractivity contribution in [2.75, 3.05) is 24.5 Å². The molecule has 0 atom stereocenters. The van der Waals surface area contributed by atoms with E-state index in [4.69, 9.17) is 4.74 Å². The molecule has 36 heavy (non-hydrogen) atoms. The highest BCUT2D eigenvalue weighted by Gasteiger charge is 2.23. The smallest absolute Gasteiger partial charge is 0.264 e. The summed E-state index contributed by atoms with van der Waals surface area (Å²) in [5.41, 5.74) is 1.68. The lowest BCUT2D eigenvalue weighted by atomic mass is 9.97. The predicted molar refractivity (Wildman–Crippen MR) is 141 cm³/mol. The van der Waals surface area contributed by atoms with Crippen molar-refractivity contribution in [3.05, 3.63) is 76.1 Å². The molecule has 3 aromatic rings. The summed E-state index contributed by atoms with van der Waals surface area (Å²) in [6, 6.07) is 11.0. The fraction of sp³-hybridized carbons (Fsp3) is 0.333. The second kappa shape index (κ2) is 11.0. The number of benzene rings is 2. The fourth-order valence-corrected chi connectivity index (χ4v) is 5.53. The van der Waals surface area contributed by atoms with E-state index in [0.29, 0.717) is 30.1 Å². The van der Waals surface area contributed by atoms with E-state index in [1.54, 1.807) is 24.3 Å². The van der Waals surface area contributed by atoms with Crippen LogP contribution in [0.3, 0.4) is 0 Å². The largest absolute Gasteiger partial charge is 0.494 e. The van der Waals surface area contributed by atoms with Crippen LogP contribution in [0.25, 0.3) is 10.9 Å². The Kier molecular flexibility index (Phi) is 7.79. The molecule has 1 aliphatic rings. The summed E-state index contributed by atoms with van der Waals surface area (Å²) >= 11 is 0. The number of aromatic amines is 1. The number of rotatable bonds is 9. The van der Waals surface area contributed by atoms with Crippen molar-refractivity contribution in [1.29, 1.82) is 0 Å². The van der Waals surface area contributed by atoms with Gasteiger partial charge in [-0.1, -0.05) is 11.6 Å². The standard InChI is InChI=1S/C27H31N3O5S/c1-3-35-21-11-9-20(10-12-21)30(2)36(33,34)22-13-14-25-23(17-22)26(31)24(18-29-25)27(32)28-16-15-19-7-5-4-6-8-19/h7,9-14,17-18H,3-6,8,15-16H2,1-2H3,(H,28,32)(H,29,31). The molecule has 0 radical (unpaired) electrons. The Hall–Kier alpha value is -3.59. The van der Waals surface area contributed by atoms with Crippen molar-refractivity contribution >= 4 is 32.5 Å². The molecule has 9 heteroatoms. The minimum Gasteiger partial charge on any atom is -0.494 e. The maximum absolute atomic E-state index is 13.3. The first kappa shape index (κ1) is 25.5. The second-order valence-electron chi connectivity index (χ2n) is 8.75. The molecule has 190 valence electrons. The molecule has 1 aromatic heterocycles. The molecule has 0 spiro atoms. The van der Waals surface area contributed by atoms with Gasteiger partial charge in [-0.25, -0.2) is 8.42 Å². The number of anilines is 1. The van der Waals surface area contributed by atoms with Crippen molar-refractivity contribution in [2.45, 2.75) is 43.9 Å². The van der Waals surface area contributed by atoms with Crippen molar-refractivity contribution in [3.8, 4) is 5.75 Å². The predicted octanol–water partition coefficient (Wildman–Crippen LogP) is 4.37. The Bertz CT molecular complexity index is 1440. The third-order valence-corrected chi connectivity index (χ3v) is 8.16. The Labute approximate surface area is 211 Å². The number of allylic oxidation sites excluding steroid dienone is 1. The van der Waals surface area contributed by atoms with Gasteiger partial charge in [-0.2, -0.15) is 0 Å². The number of hydrogen-bond donors (Lipinski definition) is 2. The van der Waals surface area contributed by atoms with Gasteiger partial charge in [0.25, 0.3) is 15.9 Å². The topological polar surface area (TPSA) is 109 Å². The monoisotopic (exact) mass is 509 g/mol. The molecule has 0 unspecified atom stereocenters. The summed E-state index contributed by atoms with van der Waals surface area (Å²) in [5.74, 6) is 0.167. The van der Waals surface area contributed by atoms with Gasteiger partial charge in [0.2, 0.25) is 5.43 Å². The minimum atomic E-state index is -3.95. The van der Waals surface area contributed by atoms with Crippen LogP contribution in [-0.2, 0) is 10.0 Å². The van der Waals surface area contributed by atoms with E-state index in [2.05, 4.69) is 16.4 Å². The summed E-state index contributed by atoms with van der Waals surface area (Å²) in [5, 5.41) is 2.95. The zero-order valence-corrected chi connectivity index (χ0v) is 21.4. The van der Waals surface area contributed by atoms with Crippen LogP contribution in [0.2, 0.25) is 0 Å². The number of H-pyrrole nitrogens is 1. The number of nitrogens with one attached hydrogen (secondary N) is 2. The molecular formula is C27H31N3O5S. The summed E-state index contributed by atoms with van der Waals surface area (Å²) < 4.78 is 33.2.